The van der Waals surface area contributed by atoms with E-state index >= 15 is 0 Å². The van der Waals surface area contributed by atoms with E-state index in [4.69, 9.17) is 5.11 Å². The highest BCUT2D eigenvalue weighted by molar-refractivity contribution is 5.94. The van der Waals surface area contributed by atoms with Crippen LogP contribution in [0.25, 0.3) is 0 Å². The van der Waals surface area contributed by atoms with Gasteiger partial charge in [0.1, 0.15) is 0 Å². The van der Waals surface area contributed by atoms with Gasteiger partial charge in [-0.2, -0.15) is 0 Å². The highest BCUT2D eigenvalue weighted by Crippen LogP contribution is 2.29. The average Bonchev–Trinajstić information content (AvgIpc) is 3.01. The lowest BCUT2D eigenvalue weighted by Crippen LogP contribution is -2.49. The number of fused-ring (bicyclic) bond motifs is 1. The van der Waals surface area contributed by atoms with Gasteiger partial charge >= 0.3 is 12.0 Å². The minimum atomic E-state index is -0.748. The number of carboxylic acid groups (broad SMARTS) is 1. The molecule has 1 aromatic carbocycles. The van der Waals surface area contributed by atoms with E-state index in [0.717, 1.165) is 70.6 Å². The first-order chi connectivity index (χ1) is 14.4. The predicted molar refractivity (Wildman–Crippen MR) is 132 cm³/mol. The SMILES string of the molecule is CC(CC(=O)O)N1CCC(N2CCN(c3ccc4c(c3)CCN(C)CC4)C2=O)CC1.Cl.Cl. The normalized spacial score (nSPS) is 21.4. The van der Waals surface area contributed by atoms with Gasteiger partial charge in [-0.15, -0.1) is 24.8 Å². The van der Waals surface area contributed by atoms with Crippen molar-refractivity contribution >= 4 is 42.5 Å². The van der Waals surface area contributed by atoms with Gasteiger partial charge in [-0.3, -0.25) is 14.6 Å². The van der Waals surface area contributed by atoms with Crippen molar-refractivity contribution in [3.05, 3.63) is 29.3 Å². The van der Waals surface area contributed by atoms with Gasteiger partial charge in [-0.1, -0.05) is 6.07 Å². The summed E-state index contributed by atoms with van der Waals surface area (Å²) in [4.78, 5) is 32.8. The smallest absolute Gasteiger partial charge is 0.324 e. The average molecular weight is 487 g/mol. The Morgan fingerprint density at radius 2 is 1.69 bits per heavy atom. The van der Waals surface area contributed by atoms with Crippen LogP contribution in [-0.4, -0.2) is 90.2 Å². The Morgan fingerprint density at radius 1 is 1.03 bits per heavy atom. The standard InChI is InChI=1S/C23H34N4O3.2ClH/c1-17(15-22(28)29)25-11-7-20(8-12-25)26-13-14-27(23(26)30)21-4-3-18-5-9-24(2)10-6-19(18)16-21;;/h3-4,16-17,20H,5-15H2,1-2H3,(H,28,29);2*1H. The third-order valence-electron chi connectivity index (χ3n) is 7.10. The summed E-state index contributed by atoms with van der Waals surface area (Å²) in [6.07, 6.45) is 4.12. The van der Waals surface area contributed by atoms with Crippen LogP contribution in [0.5, 0.6) is 0 Å². The topological polar surface area (TPSA) is 67.3 Å². The van der Waals surface area contributed by atoms with Gasteiger partial charge in [0.2, 0.25) is 0 Å². The van der Waals surface area contributed by atoms with Gasteiger partial charge in [0.25, 0.3) is 0 Å². The number of hydrogen-bond donors (Lipinski definition) is 1. The first-order valence-corrected chi connectivity index (χ1v) is 11.3. The van der Waals surface area contributed by atoms with Crippen molar-refractivity contribution in [2.24, 2.45) is 0 Å². The number of likely N-dealkylation sites (tertiary alicyclic amines) is 1. The van der Waals surface area contributed by atoms with Gasteiger partial charge in [0, 0.05) is 57.0 Å². The summed E-state index contributed by atoms with van der Waals surface area (Å²) in [6.45, 7) is 7.36. The van der Waals surface area contributed by atoms with Crippen molar-refractivity contribution < 1.29 is 14.7 Å². The van der Waals surface area contributed by atoms with E-state index in [-0.39, 0.29) is 49.3 Å². The van der Waals surface area contributed by atoms with E-state index in [1.165, 1.54) is 11.1 Å². The highest BCUT2D eigenvalue weighted by Gasteiger charge is 2.36. The molecule has 0 saturated carbocycles. The van der Waals surface area contributed by atoms with Crippen LogP contribution in [0.3, 0.4) is 0 Å². The second-order valence-corrected chi connectivity index (χ2v) is 9.10. The van der Waals surface area contributed by atoms with Crippen LogP contribution < -0.4 is 4.90 Å². The molecule has 32 heavy (non-hydrogen) atoms. The van der Waals surface area contributed by atoms with E-state index in [2.05, 4.69) is 35.0 Å². The zero-order valence-electron chi connectivity index (χ0n) is 19.0. The van der Waals surface area contributed by atoms with Crippen LogP contribution in [0.15, 0.2) is 18.2 Å². The van der Waals surface area contributed by atoms with Crippen LogP contribution in [0.4, 0.5) is 10.5 Å². The highest BCUT2D eigenvalue weighted by atomic mass is 35.5. The summed E-state index contributed by atoms with van der Waals surface area (Å²) in [5, 5.41) is 9.03. The van der Waals surface area contributed by atoms with Crippen LogP contribution in [0, 0.1) is 0 Å². The fourth-order valence-corrected chi connectivity index (χ4v) is 5.14. The zero-order valence-corrected chi connectivity index (χ0v) is 20.7. The van der Waals surface area contributed by atoms with E-state index in [1.807, 2.05) is 16.7 Å². The molecule has 0 bridgehead atoms. The number of amides is 2. The second kappa shape index (κ2) is 11.5. The molecular weight excluding hydrogens is 451 g/mol. The molecule has 4 rings (SSSR count). The molecule has 7 nitrogen and oxygen atoms in total. The third kappa shape index (κ3) is 5.87. The number of benzene rings is 1. The van der Waals surface area contributed by atoms with Crippen LogP contribution in [-0.2, 0) is 17.6 Å². The molecule has 0 radical (unpaired) electrons. The Bertz CT molecular complexity index is 801. The summed E-state index contributed by atoms with van der Waals surface area (Å²) in [5.74, 6) is -0.748. The number of urea groups is 1. The number of hydrogen-bond acceptors (Lipinski definition) is 4. The number of nitrogens with zero attached hydrogens (tertiary/aromatic N) is 4. The van der Waals surface area contributed by atoms with Gasteiger partial charge < -0.3 is 14.9 Å². The lowest BCUT2D eigenvalue weighted by atomic mass is 10.0. The molecule has 0 aliphatic carbocycles. The van der Waals surface area contributed by atoms with E-state index < -0.39 is 5.97 Å². The summed E-state index contributed by atoms with van der Waals surface area (Å²) in [5.41, 5.74) is 3.82. The minimum Gasteiger partial charge on any atom is -0.481 e. The fraction of sp³-hybridized carbons (Fsp3) is 0.652. The van der Waals surface area contributed by atoms with Crippen molar-refractivity contribution in [2.75, 3.05) is 51.2 Å². The zero-order chi connectivity index (χ0) is 21.3. The number of piperidine rings is 1. The van der Waals surface area contributed by atoms with Gasteiger partial charge in [-0.25, -0.2) is 4.79 Å². The van der Waals surface area contributed by atoms with E-state index in [9.17, 15) is 9.59 Å². The number of carbonyl (C=O) groups is 2. The molecule has 0 spiro atoms. The monoisotopic (exact) mass is 486 g/mol. The Hall–Kier alpha value is -1.54. The maximum absolute atomic E-state index is 13.2. The Balaban J connectivity index is 0.00000181. The molecule has 1 atom stereocenters. The number of aliphatic carboxylic acids is 1. The molecule has 1 N–H and O–H groups in total. The molecule has 9 heteroatoms. The van der Waals surface area contributed by atoms with Crippen molar-refractivity contribution in [2.45, 2.75) is 51.1 Å². The molecule has 3 aliphatic rings. The first-order valence-electron chi connectivity index (χ1n) is 11.3. The van der Waals surface area contributed by atoms with Gasteiger partial charge in [0.15, 0.2) is 0 Å². The number of carboxylic acids is 1. The first kappa shape index (κ1) is 26.7. The Morgan fingerprint density at radius 3 is 2.34 bits per heavy atom. The number of anilines is 1. The van der Waals surface area contributed by atoms with E-state index in [1.54, 1.807) is 0 Å². The van der Waals surface area contributed by atoms with Crippen LogP contribution in [0.1, 0.15) is 37.3 Å². The summed E-state index contributed by atoms with van der Waals surface area (Å²) >= 11 is 0. The van der Waals surface area contributed by atoms with Crippen molar-refractivity contribution in [3.63, 3.8) is 0 Å². The molecule has 1 aromatic rings. The number of rotatable bonds is 5. The number of likely N-dealkylation sites (N-methyl/N-ethyl adjacent to an activating group) is 1. The molecule has 3 aliphatic heterocycles. The van der Waals surface area contributed by atoms with Crippen molar-refractivity contribution in [3.8, 4) is 0 Å². The molecule has 2 saturated heterocycles. The maximum Gasteiger partial charge on any atom is 0.324 e. The minimum absolute atomic E-state index is 0. The Labute approximate surface area is 203 Å². The summed E-state index contributed by atoms with van der Waals surface area (Å²) < 4.78 is 0. The van der Waals surface area contributed by atoms with Crippen molar-refractivity contribution in [1.82, 2.24) is 14.7 Å². The van der Waals surface area contributed by atoms with E-state index in [0.29, 0.717) is 0 Å². The summed E-state index contributed by atoms with van der Waals surface area (Å²) in [7, 11) is 2.17. The molecule has 180 valence electrons. The molecular formula is C23H36Cl2N4O3. The largest absolute Gasteiger partial charge is 0.481 e. The third-order valence-corrected chi connectivity index (χ3v) is 7.10. The number of carbonyl (C=O) groups excluding carboxylic acids is 1. The molecule has 2 fully saturated rings. The molecule has 1 unspecified atom stereocenters. The Kier molecular flexibility index (Phi) is 9.64. The summed E-state index contributed by atoms with van der Waals surface area (Å²) in [6, 6.07) is 6.98. The molecule has 2 amide bonds. The van der Waals surface area contributed by atoms with Crippen LogP contribution in [0.2, 0.25) is 0 Å². The quantitative estimate of drug-likeness (QED) is 0.692. The second-order valence-electron chi connectivity index (χ2n) is 9.10. The number of halogens is 2. The van der Waals surface area contributed by atoms with Crippen LogP contribution >= 0.6 is 24.8 Å². The lowest BCUT2D eigenvalue weighted by Gasteiger charge is -2.38. The van der Waals surface area contributed by atoms with Gasteiger partial charge in [-0.05, 0) is 62.9 Å². The lowest BCUT2D eigenvalue weighted by molar-refractivity contribution is -0.138. The predicted octanol–water partition coefficient (Wildman–Crippen LogP) is 3.13. The molecule has 0 aromatic heterocycles. The molecule has 3 heterocycles. The fourth-order valence-electron chi connectivity index (χ4n) is 5.14. The maximum atomic E-state index is 13.2. The van der Waals surface area contributed by atoms with Crippen molar-refractivity contribution in [1.29, 1.82) is 0 Å². The van der Waals surface area contributed by atoms with Gasteiger partial charge in [0.05, 0.1) is 6.42 Å².